The van der Waals surface area contributed by atoms with Gasteiger partial charge in [-0.25, -0.2) is 4.98 Å². The van der Waals surface area contributed by atoms with Crippen LogP contribution in [0.15, 0.2) is 53.3 Å². The van der Waals surface area contributed by atoms with Crippen molar-refractivity contribution in [3.05, 3.63) is 75.8 Å². The Morgan fingerprint density at radius 2 is 1.74 bits per heavy atom. The van der Waals surface area contributed by atoms with Crippen molar-refractivity contribution < 1.29 is 0 Å². The van der Waals surface area contributed by atoms with E-state index in [9.17, 15) is 4.79 Å². The predicted molar refractivity (Wildman–Crippen MR) is 112 cm³/mol. The topological polar surface area (TPSA) is 57.8 Å². The summed E-state index contributed by atoms with van der Waals surface area (Å²) in [7, 11) is 0. The standard InChI is InChI=1S/C23H29N3O/c1-5-8-17-11-13-18(14-12-17)21(15(2)3)24-16(4)22-25-20-10-7-6-9-19(20)23(27)26-22/h6-7,9-16,21,24H,5,8H2,1-4H3,(H,25,26,27)/t16-,21-/m1/s1. The van der Waals surface area contributed by atoms with E-state index in [4.69, 9.17) is 0 Å². The van der Waals surface area contributed by atoms with Gasteiger partial charge in [0.1, 0.15) is 5.82 Å². The average molecular weight is 364 g/mol. The molecule has 2 N–H and O–H groups in total. The van der Waals surface area contributed by atoms with Gasteiger partial charge in [-0.3, -0.25) is 4.79 Å². The fraction of sp³-hybridized carbons (Fsp3) is 0.391. The van der Waals surface area contributed by atoms with Crippen molar-refractivity contribution in [2.45, 2.75) is 52.6 Å². The first-order valence-corrected chi connectivity index (χ1v) is 9.83. The summed E-state index contributed by atoms with van der Waals surface area (Å²) in [5, 5.41) is 4.29. The monoisotopic (exact) mass is 363 g/mol. The second kappa shape index (κ2) is 8.49. The SMILES string of the molecule is CCCc1ccc([C@H](N[C@H](C)c2nc3ccccc3c(=O)[nH]2)C(C)C)cc1. The van der Waals surface area contributed by atoms with Crippen LogP contribution in [-0.4, -0.2) is 9.97 Å². The normalized spacial score (nSPS) is 13.8. The second-order valence-corrected chi connectivity index (χ2v) is 7.57. The molecule has 0 spiro atoms. The molecule has 2 atom stereocenters. The lowest BCUT2D eigenvalue weighted by Gasteiger charge is -2.27. The minimum absolute atomic E-state index is 0.0648. The first-order valence-electron chi connectivity index (χ1n) is 9.83. The number of aromatic amines is 1. The van der Waals surface area contributed by atoms with Gasteiger partial charge >= 0.3 is 0 Å². The van der Waals surface area contributed by atoms with Gasteiger partial charge < -0.3 is 10.3 Å². The Bertz CT molecular complexity index is 944. The van der Waals surface area contributed by atoms with E-state index < -0.39 is 0 Å². The lowest BCUT2D eigenvalue weighted by molar-refractivity contribution is 0.367. The molecule has 4 nitrogen and oxygen atoms in total. The first kappa shape index (κ1) is 19.3. The summed E-state index contributed by atoms with van der Waals surface area (Å²) >= 11 is 0. The number of nitrogens with one attached hydrogen (secondary N) is 2. The number of hydrogen-bond acceptors (Lipinski definition) is 3. The molecule has 0 amide bonds. The van der Waals surface area contributed by atoms with Gasteiger partial charge in [0, 0.05) is 6.04 Å². The third-order valence-electron chi connectivity index (χ3n) is 5.02. The maximum atomic E-state index is 12.4. The maximum Gasteiger partial charge on any atom is 0.258 e. The highest BCUT2D eigenvalue weighted by Crippen LogP contribution is 2.25. The number of para-hydroxylation sites is 1. The number of hydrogen-bond donors (Lipinski definition) is 2. The van der Waals surface area contributed by atoms with Crippen molar-refractivity contribution in [3.63, 3.8) is 0 Å². The minimum atomic E-state index is -0.0886. The molecule has 27 heavy (non-hydrogen) atoms. The number of H-pyrrole nitrogens is 1. The second-order valence-electron chi connectivity index (χ2n) is 7.57. The molecule has 2 aromatic carbocycles. The van der Waals surface area contributed by atoms with E-state index in [1.807, 2.05) is 25.1 Å². The summed E-state index contributed by atoms with van der Waals surface area (Å²) in [5.41, 5.74) is 3.28. The highest BCUT2D eigenvalue weighted by atomic mass is 16.1. The van der Waals surface area contributed by atoms with E-state index in [1.165, 1.54) is 11.1 Å². The Morgan fingerprint density at radius 1 is 1.04 bits per heavy atom. The number of fused-ring (bicyclic) bond motifs is 1. The highest BCUT2D eigenvalue weighted by molar-refractivity contribution is 5.77. The fourth-order valence-electron chi connectivity index (χ4n) is 3.51. The van der Waals surface area contributed by atoms with Crippen LogP contribution in [0, 0.1) is 5.92 Å². The van der Waals surface area contributed by atoms with Crippen molar-refractivity contribution in [3.8, 4) is 0 Å². The van der Waals surface area contributed by atoms with Gasteiger partial charge in [0.15, 0.2) is 0 Å². The predicted octanol–water partition coefficient (Wildman–Crippen LogP) is 4.92. The maximum absolute atomic E-state index is 12.4. The molecule has 0 radical (unpaired) electrons. The van der Waals surface area contributed by atoms with Gasteiger partial charge in [0.05, 0.1) is 16.9 Å². The molecule has 0 aliphatic heterocycles. The zero-order valence-corrected chi connectivity index (χ0v) is 16.6. The quantitative estimate of drug-likeness (QED) is 0.626. The third kappa shape index (κ3) is 4.45. The van der Waals surface area contributed by atoms with Crippen LogP contribution < -0.4 is 10.9 Å². The number of aromatic nitrogens is 2. The van der Waals surface area contributed by atoms with E-state index >= 15 is 0 Å². The van der Waals surface area contributed by atoms with Crippen molar-refractivity contribution in [2.24, 2.45) is 5.92 Å². The molecule has 0 aliphatic rings. The molecule has 4 heteroatoms. The fourth-order valence-corrected chi connectivity index (χ4v) is 3.51. The molecular weight excluding hydrogens is 334 g/mol. The molecule has 3 rings (SSSR count). The third-order valence-corrected chi connectivity index (χ3v) is 5.02. The minimum Gasteiger partial charge on any atom is -0.309 e. The van der Waals surface area contributed by atoms with Gasteiger partial charge in [0.2, 0.25) is 0 Å². The summed E-state index contributed by atoms with van der Waals surface area (Å²) in [4.78, 5) is 20.0. The molecule has 0 fully saturated rings. The van der Waals surface area contributed by atoms with Crippen molar-refractivity contribution in [1.82, 2.24) is 15.3 Å². The molecule has 0 saturated heterocycles. The number of benzene rings is 2. The smallest absolute Gasteiger partial charge is 0.258 e. The van der Waals surface area contributed by atoms with Crippen LogP contribution >= 0.6 is 0 Å². The Morgan fingerprint density at radius 3 is 2.41 bits per heavy atom. The molecule has 3 aromatic rings. The molecule has 0 saturated carbocycles. The molecule has 142 valence electrons. The van der Waals surface area contributed by atoms with Crippen LogP contribution in [-0.2, 0) is 6.42 Å². The van der Waals surface area contributed by atoms with Crippen molar-refractivity contribution in [1.29, 1.82) is 0 Å². The van der Waals surface area contributed by atoms with Gasteiger partial charge in [0.25, 0.3) is 5.56 Å². The van der Waals surface area contributed by atoms with E-state index in [1.54, 1.807) is 6.07 Å². The van der Waals surface area contributed by atoms with Crippen molar-refractivity contribution in [2.75, 3.05) is 0 Å². The number of rotatable bonds is 7. The summed E-state index contributed by atoms with van der Waals surface area (Å²) < 4.78 is 0. The Hall–Kier alpha value is -2.46. The largest absolute Gasteiger partial charge is 0.309 e. The zero-order chi connectivity index (χ0) is 19.4. The Labute approximate surface area is 161 Å². The molecule has 0 unspecified atom stereocenters. The van der Waals surface area contributed by atoms with Crippen LogP contribution in [0.2, 0.25) is 0 Å². The van der Waals surface area contributed by atoms with Crippen LogP contribution in [0.25, 0.3) is 10.9 Å². The average Bonchev–Trinajstić information content (AvgIpc) is 2.66. The lowest BCUT2D eigenvalue weighted by atomic mass is 9.94. The van der Waals surface area contributed by atoms with E-state index in [2.05, 4.69) is 60.3 Å². The lowest BCUT2D eigenvalue weighted by Crippen LogP contribution is -2.30. The number of nitrogens with zero attached hydrogens (tertiary/aromatic N) is 1. The zero-order valence-electron chi connectivity index (χ0n) is 16.6. The highest BCUT2D eigenvalue weighted by Gasteiger charge is 2.20. The molecular formula is C23H29N3O. The van der Waals surface area contributed by atoms with E-state index in [0.717, 1.165) is 18.4 Å². The Balaban J connectivity index is 1.85. The van der Waals surface area contributed by atoms with Crippen LogP contribution in [0.5, 0.6) is 0 Å². The molecule has 1 heterocycles. The summed E-state index contributed by atoms with van der Waals surface area (Å²) in [6, 6.07) is 16.4. The summed E-state index contributed by atoms with van der Waals surface area (Å²) in [6.07, 6.45) is 2.27. The van der Waals surface area contributed by atoms with E-state index in [0.29, 0.717) is 17.1 Å². The van der Waals surface area contributed by atoms with Crippen LogP contribution in [0.1, 0.15) is 63.2 Å². The van der Waals surface area contributed by atoms with Gasteiger partial charge in [-0.1, -0.05) is 63.6 Å². The molecule has 0 bridgehead atoms. The van der Waals surface area contributed by atoms with Gasteiger partial charge in [-0.05, 0) is 42.5 Å². The van der Waals surface area contributed by atoms with Crippen LogP contribution in [0.4, 0.5) is 0 Å². The van der Waals surface area contributed by atoms with E-state index in [-0.39, 0.29) is 17.6 Å². The molecule has 1 aromatic heterocycles. The number of aryl methyl sites for hydroxylation is 1. The summed E-state index contributed by atoms with van der Waals surface area (Å²) in [5.74, 6) is 1.09. The Kier molecular flexibility index (Phi) is 6.07. The van der Waals surface area contributed by atoms with Crippen molar-refractivity contribution >= 4 is 10.9 Å². The molecule has 0 aliphatic carbocycles. The van der Waals surface area contributed by atoms with Gasteiger partial charge in [-0.2, -0.15) is 0 Å². The van der Waals surface area contributed by atoms with Crippen LogP contribution in [0.3, 0.4) is 0 Å². The summed E-state index contributed by atoms with van der Waals surface area (Å²) in [6.45, 7) is 8.67. The van der Waals surface area contributed by atoms with Gasteiger partial charge in [-0.15, -0.1) is 0 Å². The first-order chi connectivity index (χ1) is 13.0.